The fourth-order valence-corrected chi connectivity index (χ4v) is 2.74. The second kappa shape index (κ2) is 5.63. The van der Waals surface area contributed by atoms with Crippen molar-refractivity contribution in [3.05, 3.63) is 46.3 Å². The van der Waals surface area contributed by atoms with Gasteiger partial charge in [-0.3, -0.25) is 0 Å². The van der Waals surface area contributed by atoms with Crippen molar-refractivity contribution in [2.24, 2.45) is 0 Å². The number of carbonyl (C=O) groups is 1. The normalized spacial score (nSPS) is 10.6. The minimum absolute atomic E-state index is 0.287. The highest BCUT2D eigenvalue weighted by molar-refractivity contribution is 7.99. The standard InChI is InChI=1S/C15H16N2O2S/c1-8-5-6-13(12(7-8)14(18)19)20-15-16-10(3)9(2)11(4)17-15/h5-7H,1-4H3,(H,18,19). The van der Waals surface area contributed by atoms with E-state index in [1.54, 1.807) is 12.1 Å². The van der Waals surface area contributed by atoms with Gasteiger partial charge >= 0.3 is 5.97 Å². The molecule has 2 aromatic rings. The molecule has 0 aliphatic rings. The molecule has 1 aromatic heterocycles. The number of nitrogens with zero attached hydrogens (tertiary/aromatic N) is 2. The van der Waals surface area contributed by atoms with Gasteiger partial charge in [0.05, 0.1) is 5.56 Å². The number of hydrogen-bond donors (Lipinski definition) is 1. The fraction of sp³-hybridized carbons (Fsp3) is 0.267. The first kappa shape index (κ1) is 14.5. The lowest BCUT2D eigenvalue weighted by Gasteiger charge is -2.09. The molecule has 4 nitrogen and oxygen atoms in total. The maximum Gasteiger partial charge on any atom is 0.336 e. The summed E-state index contributed by atoms with van der Waals surface area (Å²) in [4.78, 5) is 20.8. The Hall–Kier alpha value is -1.88. The summed E-state index contributed by atoms with van der Waals surface area (Å²) in [5, 5.41) is 9.85. The number of rotatable bonds is 3. The van der Waals surface area contributed by atoms with Crippen molar-refractivity contribution >= 4 is 17.7 Å². The van der Waals surface area contributed by atoms with E-state index in [2.05, 4.69) is 9.97 Å². The predicted octanol–water partition coefficient (Wildman–Crippen LogP) is 3.56. The quantitative estimate of drug-likeness (QED) is 0.875. The molecule has 0 unspecified atom stereocenters. The SMILES string of the molecule is Cc1ccc(Sc2nc(C)c(C)c(C)n2)c(C(=O)O)c1. The summed E-state index contributed by atoms with van der Waals surface area (Å²) < 4.78 is 0. The second-order valence-corrected chi connectivity index (χ2v) is 5.72. The van der Waals surface area contributed by atoms with E-state index in [0.717, 1.165) is 22.5 Å². The Kier molecular flexibility index (Phi) is 4.09. The maximum atomic E-state index is 11.3. The molecule has 0 saturated heterocycles. The first-order chi connectivity index (χ1) is 9.38. The summed E-state index contributed by atoms with van der Waals surface area (Å²) in [5.41, 5.74) is 4.11. The van der Waals surface area contributed by atoms with Crippen molar-refractivity contribution in [2.75, 3.05) is 0 Å². The van der Waals surface area contributed by atoms with Crippen LogP contribution in [-0.2, 0) is 0 Å². The van der Waals surface area contributed by atoms with E-state index in [9.17, 15) is 9.90 Å². The van der Waals surface area contributed by atoms with Crippen LogP contribution in [0.1, 0.15) is 32.9 Å². The number of aromatic carboxylic acids is 1. The molecule has 0 saturated carbocycles. The van der Waals surface area contributed by atoms with Crippen LogP contribution in [-0.4, -0.2) is 21.0 Å². The minimum Gasteiger partial charge on any atom is -0.478 e. The number of aryl methyl sites for hydroxylation is 3. The molecule has 0 aliphatic heterocycles. The number of benzene rings is 1. The summed E-state index contributed by atoms with van der Waals surface area (Å²) in [7, 11) is 0. The summed E-state index contributed by atoms with van der Waals surface area (Å²) in [6.07, 6.45) is 0. The molecule has 1 N–H and O–H groups in total. The first-order valence-corrected chi connectivity index (χ1v) is 7.03. The van der Waals surface area contributed by atoms with Gasteiger partial charge in [-0.25, -0.2) is 14.8 Å². The molecule has 0 aliphatic carbocycles. The Bertz CT molecular complexity index is 661. The summed E-state index contributed by atoms with van der Waals surface area (Å²) in [5.74, 6) is -0.934. The molecule has 1 heterocycles. The lowest BCUT2D eigenvalue weighted by atomic mass is 10.1. The van der Waals surface area contributed by atoms with Crippen molar-refractivity contribution in [2.45, 2.75) is 37.7 Å². The Morgan fingerprint density at radius 3 is 2.25 bits per heavy atom. The zero-order chi connectivity index (χ0) is 14.9. The van der Waals surface area contributed by atoms with E-state index in [4.69, 9.17) is 0 Å². The van der Waals surface area contributed by atoms with Gasteiger partial charge in [-0.1, -0.05) is 11.6 Å². The van der Waals surface area contributed by atoms with Crippen LogP contribution in [0.3, 0.4) is 0 Å². The molecule has 0 amide bonds. The zero-order valence-corrected chi connectivity index (χ0v) is 12.7. The summed E-state index contributed by atoms with van der Waals surface area (Å²) in [6.45, 7) is 7.72. The van der Waals surface area contributed by atoms with E-state index >= 15 is 0 Å². The van der Waals surface area contributed by atoms with E-state index in [-0.39, 0.29) is 5.56 Å². The highest BCUT2D eigenvalue weighted by Gasteiger charge is 2.14. The van der Waals surface area contributed by atoms with Crippen molar-refractivity contribution in [1.82, 2.24) is 9.97 Å². The molecular weight excluding hydrogens is 272 g/mol. The van der Waals surface area contributed by atoms with Crippen LogP contribution in [0.25, 0.3) is 0 Å². The molecule has 0 spiro atoms. The number of carboxylic acids is 1. The van der Waals surface area contributed by atoms with Crippen LogP contribution in [0.5, 0.6) is 0 Å². The van der Waals surface area contributed by atoms with Gasteiger partial charge in [-0.2, -0.15) is 0 Å². The molecule has 0 fully saturated rings. The minimum atomic E-state index is -0.934. The van der Waals surface area contributed by atoms with Gasteiger partial charge in [0.2, 0.25) is 0 Å². The van der Waals surface area contributed by atoms with Crippen molar-refractivity contribution in [1.29, 1.82) is 0 Å². The van der Waals surface area contributed by atoms with Crippen LogP contribution in [0.2, 0.25) is 0 Å². The maximum absolute atomic E-state index is 11.3. The average Bonchev–Trinajstić information content (AvgIpc) is 2.37. The molecule has 104 valence electrons. The number of carboxylic acid groups (broad SMARTS) is 1. The molecule has 2 rings (SSSR count). The van der Waals surface area contributed by atoms with Gasteiger partial charge in [-0.05, 0) is 57.2 Å². The summed E-state index contributed by atoms with van der Waals surface area (Å²) in [6, 6.07) is 5.36. The second-order valence-electron chi connectivity index (χ2n) is 4.71. The predicted molar refractivity (Wildman–Crippen MR) is 78.5 cm³/mol. The van der Waals surface area contributed by atoms with E-state index in [0.29, 0.717) is 10.1 Å². The van der Waals surface area contributed by atoms with Gasteiger partial charge in [-0.15, -0.1) is 0 Å². The monoisotopic (exact) mass is 288 g/mol. The Labute approximate surface area is 122 Å². The highest BCUT2D eigenvalue weighted by atomic mass is 32.2. The Morgan fingerprint density at radius 2 is 1.70 bits per heavy atom. The lowest BCUT2D eigenvalue weighted by Crippen LogP contribution is -2.01. The smallest absolute Gasteiger partial charge is 0.336 e. The molecule has 5 heteroatoms. The van der Waals surface area contributed by atoms with Gasteiger partial charge in [0.15, 0.2) is 5.16 Å². The highest BCUT2D eigenvalue weighted by Crippen LogP contribution is 2.29. The molecule has 0 radical (unpaired) electrons. The van der Waals surface area contributed by atoms with Crippen LogP contribution in [0, 0.1) is 27.7 Å². The third-order valence-corrected chi connectivity index (χ3v) is 4.12. The van der Waals surface area contributed by atoms with Crippen LogP contribution in [0.4, 0.5) is 0 Å². The molecule has 1 aromatic carbocycles. The van der Waals surface area contributed by atoms with Crippen molar-refractivity contribution in [3.8, 4) is 0 Å². The average molecular weight is 288 g/mol. The molecule has 20 heavy (non-hydrogen) atoms. The van der Waals surface area contributed by atoms with E-state index in [1.165, 1.54) is 11.8 Å². The van der Waals surface area contributed by atoms with Crippen molar-refractivity contribution < 1.29 is 9.90 Å². The number of aromatic nitrogens is 2. The zero-order valence-electron chi connectivity index (χ0n) is 11.9. The van der Waals surface area contributed by atoms with Crippen LogP contribution >= 0.6 is 11.8 Å². The third kappa shape index (κ3) is 2.99. The van der Waals surface area contributed by atoms with Gasteiger partial charge in [0.1, 0.15) is 0 Å². The molecule has 0 bridgehead atoms. The Balaban J connectivity index is 2.42. The largest absolute Gasteiger partial charge is 0.478 e. The first-order valence-electron chi connectivity index (χ1n) is 6.22. The van der Waals surface area contributed by atoms with E-state index < -0.39 is 5.97 Å². The molecule has 0 atom stereocenters. The summed E-state index contributed by atoms with van der Waals surface area (Å²) >= 11 is 1.29. The van der Waals surface area contributed by atoms with Gasteiger partial charge < -0.3 is 5.11 Å². The van der Waals surface area contributed by atoms with Crippen LogP contribution < -0.4 is 0 Å². The van der Waals surface area contributed by atoms with E-state index in [1.807, 2.05) is 33.8 Å². The topological polar surface area (TPSA) is 63.1 Å². The van der Waals surface area contributed by atoms with Gasteiger partial charge in [0, 0.05) is 16.3 Å². The van der Waals surface area contributed by atoms with Crippen molar-refractivity contribution in [3.63, 3.8) is 0 Å². The molecular formula is C15H16N2O2S. The van der Waals surface area contributed by atoms with Crippen LogP contribution in [0.15, 0.2) is 28.3 Å². The van der Waals surface area contributed by atoms with Gasteiger partial charge in [0.25, 0.3) is 0 Å². The Morgan fingerprint density at radius 1 is 1.10 bits per heavy atom. The number of hydrogen-bond acceptors (Lipinski definition) is 4. The third-order valence-electron chi connectivity index (χ3n) is 3.18. The fourth-order valence-electron chi connectivity index (χ4n) is 1.79. The lowest BCUT2D eigenvalue weighted by molar-refractivity contribution is 0.0693.